The summed E-state index contributed by atoms with van der Waals surface area (Å²) < 4.78 is 41.9. The van der Waals surface area contributed by atoms with Gasteiger partial charge in [0.25, 0.3) is 0 Å². The van der Waals surface area contributed by atoms with E-state index in [0.717, 1.165) is 22.0 Å². The number of hydrogen-bond donors (Lipinski definition) is 7. The van der Waals surface area contributed by atoms with Crippen LogP contribution in [0.15, 0.2) is 90.3 Å². The fraction of sp³-hybridized carbons (Fsp3) is 0.392. The van der Waals surface area contributed by atoms with E-state index in [9.17, 15) is 44.7 Å². The Morgan fingerprint density at radius 3 is 2.37 bits per heavy atom. The first-order chi connectivity index (χ1) is 34.5. The third-order valence-corrected chi connectivity index (χ3v) is 14.1. The van der Waals surface area contributed by atoms with Crippen LogP contribution in [-0.2, 0) is 47.2 Å². The van der Waals surface area contributed by atoms with E-state index in [1.165, 1.54) is 25.3 Å². The number of rotatable bonds is 14. The lowest BCUT2D eigenvalue weighted by molar-refractivity contribution is -0.247. The minimum absolute atomic E-state index is 0. The zero-order chi connectivity index (χ0) is 51.5. The van der Waals surface area contributed by atoms with Gasteiger partial charge < -0.3 is 81.4 Å². The van der Waals surface area contributed by atoms with Crippen molar-refractivity contribution in [3.63, 3.8) is 0 Å². The second kappa shape index (κ2) is 23.0. The van der Waals surface area contributed by atoms with Crippen LogP contribution in [0.3, 0.4) is 0 Å². The maximum atomic E-state index is 13.6. The molecule has 1 amide bonds. The number of hydrogen-bond acceptors (Lipinski definition) is 19. The van der Waals surface area contributed by atoms with Gasteiger partial charge in [0.05, 0.1) is 81.4 Å². The molecular weight excluding hydrogens is 992 g/mol. The summed E-state index contributed by atoms with van der Waals surface area (Å²) in [6.45, 7) is 3.64. The molecule has 2 aliphatic heterocycles. The highest BCUT2D eigenvalue weighted by Gasteiger charge is 2.50. The molecule has 0 radical (unpaired) electrons. The van der Waals surface area contributed by atoms with E-state index in [-0.39, 0.29) is 54.4 Å². The topological polar surface area (TPSA) is 290 Å². The summed E-state index contributed by atoms with van der Waals surface area (Å²) in [4.78, 5) is 56.5. The number of nitrogens with two attached hydrogens (primary N) is 1. The Morgan fingerprint density at radius 2 is 1.73 bits per heavy atom. The molecule has 8 N–H and O–H groups in total. The molecule has 0 bridgehead atoms. The predicted molar refractivity (Wildman–Crippen MR) is 258 cm³/mol. The minimum Gasteiger partial charge on any atom is -1.00 e. The molecule has 9 rings (SSSR count). The summed E-state index contributed by atoms with van der Waals surface area (Å²) >= 11 is 1.68. The molecule has 1 aromatic heterocycles. The number of aliphatic hydroxyl groups is 3. The highest BCUT2D eigenvalue weighted by Crippen LogP contribution is 2.52. The molecule has 4 aliphatic rings. The number of phenolic OH excluding ortho intramolecular Hbond substituents is 2. The van der Waals surface area contributed by atoms with Crippen molar-refractivity contribution in [1.82, 2.24) is 9.55 Å². The number of benzene rings is 4. The number of carbonyl (C=O) groups is 4. The molecule has 2 saturated heterocycles. The fourth-order valence-electron chi connectivity index (χ4n) is 9.30. The van der Waals surface area contributed by atoms with E-state index < -0.39 is 108 Å². The number of Topliss-reactive ketones (excluding diaryl/α,β-unsaturated/α-hetero) is 1. The van der Waals surface area contributed by atoms with Gasteiger partial charge in [-0.1, -0.05) is 12.1 Å². The van der Waals surface area contributed by atoms with Crippen molar-refractivity contribution in [2.45, 2.75) is 92.7 Å². The maximum absolute atomic E-state index is 13.6. The summed E-state index contributed by atoms with van der Waals surface area (Å²) in [5.74, 6) is -3.16. The minimum atomic E-state index is -2.24. The lowest BCUT2D eigenvalue weighted by Gasteiger charge is -2.42. The molecule has 2 aliphatic carbocycles. The Hall–Kier alpha value is -6.11. The zero-order valence-corrected chi connectivity index (χ0v) is 41.8. The van der Waals surface area contributed by atoms with Gasteiger partial charge in [-0.3, -0.25) is 19.7 Å². The average molecular weight is 1050 g/mol. The van der Waals surface area contributed by atoms with Crippen LogP contribution in [-0.4, -0.2) is 135 Å². The zero-order valence-electron chi connectivity index (χ0n) is 41.2. The van der Waals surface area contributed by atoms with E-state index in [4.69, 9.17) is 38.9 Å². The molecule has 22 heteroatoms. The number of amides is 1. The number of phenols is 2. The van der Waals surface area contributed by atoms with Gasteiger partial charge >= 0.3 is 7.52 Å². The SMILES string of the molecule is CCOC(=O)Nc1ccc(SC[C@H]2CO[C@](Cn3ccnc3)(c3ccc(OC)cc3)O2)cc1.COc1cccc2c1C(=O)c1c(O)c3c(c(O)c1C2=O)C[C@@](O)(C(=O)CO)C[C@@H]3O[C@H]1C[C@H](N)[C@@H](O)[C@H](C)O1.[Cl-].[H+]. The number of ether oxygens (including phenoxy) is 7. The summed E-state index contributed by atoms with van der Waals surface area (Å²) in [6.07, 6.45) is -0.273. The van der Waals surface area contributed by atoms with Crippen molar-refractivity contribution in [3.8, 4) is 23.0 Å². The number of aliphatic hydroxyl groups excluding tert-OH is 2. The van der Waals surface area contributed by atoms with Gasteiger partial charge in [-0.2, -0.15) is 0 Å². The van der Waals surface area contributed by atoms with Crippen LogP contribution < -0.4 is 32.9 Å². The van der Waals surface area contributed by atoms with E-state index >= 15 is 0 Å². The van der Waals surface area contributed by atoms with Crippen molar-refractivity contribution in [2.24, 2.45) is 5.73 Å². The number of aromatic hydroxyl groups is 2. The number of anilines is 1. The standard InChI is InChI=1S/C27H29NO11.C24H27N3O5S.ClH/c1-10-22(31)13(28)6-17(38-10)39-15-8-27(36,16(30)9-29)7-12-19(15)26(35)21-20(24(12)33)23(32)11-4-3-5-14(37-2)18(11)25(21)34;1-3-30-23(28)26-19-6-10-22(11-7-19)33-15-21-14-31-24(32-21,16-27-13-12-25-17-27)18-4-8-20(29-2)9-5-18;/h3-5,10,13,15,17,22,29,31,33,35-36H,6-9,28H2,1-2H3;4-13,17,21H,3,14-16H2,1-2H3,(H,26,28);1H/t10-,13-,15-,17-,22-,27-;21-,24+;/m01./s1. The van der Waals surface area contributed by atoms with Crippen LogP contribution in [0.5, 0.6) is 23.0 Å². The first kappa shape index (κ1) is 54.7. The van der Waals surface area contributed by atoms with Crippen molar-refractivity contribution in [1.29, 1.82) is 0 Å². The number of nitrogens with one attached hydrogen (secondary N) is 1. The van der Waals surface area contributed by atoms with Crippen LogP contribution >= 0.6 is 11.8 Å². The largest absolute Gasteiger partial charge is 1.00 e. The highest BCUT2D eigenvalue weighted by atomic mass is 35.5. The van der Waals surface area contributed by atoms with Gasteiger partial charge in [-0.15, -0.1) is 11.8 Å². The van der Waals surface area contributed by atoms with Crippen molar-refractivity contribution >= 4 is 40.9 Å². The van der Waals surface area contributed by atoms with E-state index in [2.05, 4.69) is 10.3 Å². The number of imidazole rings is 1. The molecule has 20 nitrogen and oxygen atoms in total. The summed E-state index contributed by atoms with van der Waals surface area (Å²) in [6, 6.07) is 19.0. The van der Waals surface area contributed by atoms with Crippen molar-refractivity contribution in [3.05, 3.63) is 124 Å². The fourth-order valence-corrected chi connectivity index (χ4v) is 10.2. The normalized spacial score (nSPS) is 24.9. The molecule has 3 heterocycles. The van der Waals surface area contributed by atoms with Crippen molar-refractivity contribution in [2.75, 3.05) is 45.1 Å². The first-order valence-corrected chi connectivity index (χ1v) is 24.1. The summed E-state index contributed by atoms with van der Waals surface area (Å²) in [5, 5.41) is 56.4. The predicted octanol–water partition coefficient (Wildman–Crippen LogP) is 1.64. The van der Waals surface area contributed by atoms with Gasteiger partial charge in [-0.05, 0) is 68.4 Å². The number of fused-ring (bicyclic) bond motifs is 3. The molecule has 73 heavy (non-hydrogen) atoms. The lowest BCUT2D eigenvalue weighted by Crippen LogP contribution is -3.00. The highest BCUT2D eigenvalue weighted by molar-refractivity contribution is 7.99. The van der Waals surface area contributed by atoms with Crippen LogP contribution in [0.4, 0.5) is 10.5 Å². The molecular formula is C51H57ClN4O16S. The Bertz CT molecular complexity index is 2800. The third-order valence-electron chi connectivity index (χ3n) is 13.0. The Morgan fingerprint density at radius 1 is 1.00 bits per heavy atom. The van der Waals surface area contributed by atoms with E-state index in [1.807, 2.05) is 59.3 Å². The lowest BCUT2D eigenvalue weighted by atomic mass is 9.72. The van der Waals surface area contributed by atoms with Crippen LogP contribution in [0, 0.1) is 0 Å². The average Bonchev–Trinajstić information content (AvgIpc) is 4.06. The second-order valence-corrected chi connectivity index (χ2v) is 18.7. The number of ketones is 3. The van der Waals surface area contributed by atoms with Crippen LogP contribution in [0.1, 0.15) is 82.8 Å². The molecule has 8 atom stereocenters. The monoisotopic (exact) mass is 1050 g/mol. The third kappa shape index (κ3) is 11.2. The smallest absolute Gasteiger partial charge is 1.00 e. The number of methoxy groups -OCH3 is 2. The van der Waals surface area contributed by atoms with E-state index in [1.54, 1.807) is 45.2 Å². The van der Waals surface area contributed by atoms with Crippen molar-refractivity contribution < 1.29 is 91.7 Å². The molecule has 0 saturated carbocycles. The number of nitrogens with zero attached hydrogens (tertiary/aromatic N) is 2. The first-order valence-electron chi connectivity index (χ1n) is 23.1. The number of aromatic nitrogens is 2. The summed E-state index contributed by atoms with van der Waals surface area (Å²) in [7, 11) is 2.97. The van der Waals surface area contributed by atoms with Gasteiger partial charge in [0.1, 0.15) is 35.2 Å². The number of carbonyl (C=O) groups excluding carboxylic acids is 4. The molecule has 390 valence electrons. The Balaban J connectivity index is 0.000000238. The van der Waals surface area contributed by atoms with Gasteiger partial charge in [0, 0.05) is 76.3 Å². The molecule has 0 spiro atoms. The Kier molecular flexibility index (Phi) is 17.2. The Labute approximate surface area is 431 Å². The van der Waals surface area contributed by atoms with Gasteiger partial charge in [0.15, 0.2) is 17.9 Å². The molecule has 5 aromatic rings. The van der Waals surface area contributed by atoms with E-state index in [0.29, 0.717) is 25.4 Å². The number of thioether (sulfide) groups is 1. The summed E-state index contributed by atoms with van der Waals surface area (Å²) in [5.41, 5.74) is 4.00. The molecule has 4 aromatic carbocycles. The quantitative estimate of drug-likeness (QED) is 0.0603. The van der Waals surface area contributed by atoms with Gasteiger partial charge in [-0.25, -0.2) is 9.78 Å². The second-order valence-electron chi connectivity index (χ2n) is 17.6. The van der Waals surface area contributed by atoms with Crippen LogP contribution in [0.25, 0.3) is 0 Å². The molecule has 0 unspecified atom stereocenters. The molecule has 2 fully saturated rings. The van der Waals surface area contributed by atoms with Crippen LogP contribution in [0.2, 0.25) is 0 Å². The van der Waals surface area contributed by atoms with Gasteiger partial charge in [0.2, 0.25) is 11.6 Å². The maximum Gasteiger partial charge on any atom is 1.00 e. The number of halogens is 1.